The summed E-state index contributed by atoms with van der Waals surface area (Å²) < 4.78 is 34.4. The molecule has 1 aliphatic heterocycles. The summed E-state index contributed by atoms with van der Waals surface area (Å²) in [7, 11) is 0. The molecule has 1 saturated heterocycles. The number of halogens is 2. The van der Waals surface area contributed by atoms with Gasteiger partial charge in [-0.25, -0.2) is 4.79 Å². The SMILES string of the molecule is Cc1ccc(C2(C)NC(=O)N(Cc3cccc(OC(F)F)c3)C2=O)o1. The van der Waals surface area contributed by atoms with Gasteiger partial charge in [0.05, 0.1) is 6.54 Å². The first-order valence-electron chi connectivity index (χ1n) is 7.54. The molecule has 1 unspecified atom stereocenters. The number of carbonyl (C=O) groups excluding carboxylic acids is 2. The minimum absolute atomic E-state index is 0.0380. The number of nitrogens with one attached hydrogen (secondary N) is 1. The molecule has 1 N–H and O–H groups in total. The summed E-state index contributed by atoms with van der Waals surface area (Å²) in [5, 5.41) is 2.62. The third-order valence-corrected chi connectivity index (χ3v) is 3.97. The van der Waals surface area contributed by atoms with Gasteiger partial charge in [-0.2, -0.15) is 8.78 Å². The smallest absolute Gasteiger partial charge is 0.387 e. The van der Waals surface area contributed by atoms with Crippen LogP contribution in [-0.4, -0.2) is 23.4 Å². The lowest BCUT2D eigenvalue weighted by atomic mass is 9.99. The highest BCUT2D eigenvalue weighted by molar-refractivity contribution is 6.06. The Morgan fingerprint density at radius 1 is 1.28 bits per heavy atom. The number of furan rings is 1. The van der Waals surface area contributed by atoms with Gasteiger partial charge in [0, 0.05) is 0 Å². The standard InChI is InChI=1S/C17H16F2N2O4/c1-10-6-7-13(24-10)17(2)14(22)21(16(23)20-17)9-11-4-3-5-12(8-11)25-15(18)19/h3-8,15H,9H2,1-2H3,(H,20,23). The molecule has 2 aromatic rings. The first kappa shape index (κ1) is 16.9. The van der Waals surface area contributed by atoms with E-state index >= 15 is 0 Å². The van der Waals surface area contributed by atoms with Crippen LogP contribution in [0.1, 0.15) is 24.0 Å². The van der Waals surface area contributed by atoms with Crippen molar-refractivity contribution in [2.45, 2.75) is 32.5 Å². The van der Waals surface area contributed by atoms with Gasteiger partial charge in [0.25, 0.3) is 5.91 Å². The summed E-state index contributed by atoms with van der Waals surface area (Å²) in [4.78, 5) is 26.0. The zero-order chi connectivity index (χ0) is 18.2. The Bertz CT molecular complexity index is 820. The fraction of sp³-hybridized carbons (Fsp3) is 0.294. The predicted octanol–water partition coefficient (Wildman–Crippen LogP) is 3.16. The van der Waals surface area contributed by atoms with Crippen molar-refractivity contribution >= 4 is 11.9 Å². The highest BCUT2D eigenvalue weighted by atomic mass is 19.3. The van der Waals surface area contributed by atoms with Crippen LogP contribution in [0.4, 0.5) is 13.6 Å². The van der Waals surface area contributed by atoms with Crippen molar-refractivity contribution in [1.82, 2.24) is 10.2 Å². The largest absolute Gasteiger partial charge is 0.463 e. The van der Waals surface area contributed by atoms with E-state index in [2.05, 4.69) is 10.1 Å². The monoisotopic (exact) mass is 350 g/mol. The number of rotatable bonds is 5. The summed E-state index contributed by atoms with van der Waals surface area (Å²) in [6.45, 7) is 0.278. The molecule has 2 heterocycles. The number of aryl methyl sites for hydroxylation is 1. The van der Waals surface area contributed by atoms with Crippen LogP contribution in [0.3, 0.4) is 0 Å². The number of hydrogen-bond acceptors (Lipinski definition) is 4. The molecule has 0 saturated carbocycles. The lowest BCUT2D eigenvalue weighted by Gasteiger charge is -2.19. The van der Waals surface area contributed by atoms with Crippen molar-refractivity contribution in [3.63, 3.8) is 0 Å². The zero-order valence-corrected chi connectivity index (χ0v) is 13.6. The second-order valence-corrected chi connectivity index (χ2v) is 5.88. The summed E-state index contributed by atoms with van der Waals surface area (Å²) in [6.07, 6.45) is 0. The van der Waals surface area contributed by atoms with E-state index in [0.717, 1.165) is 4.90 Å². The molecule has 0 aliphatic carbocycles. The highest BCUT2D eigenvalue weighted by Gasteiger charge is 2.51. The Balaban J connectivity index is 1.82. The normalized spacial score (nSPS) is 20.3. The number of nitrogens with zero attached hydrogens (tertiary/aromatic N) is 1. The molecule has 1 atom stereocenters. The van der Waals surface area contributed by atoms with Crippen molar-refractivity contribution in [1.29, 1.82) is 0 Å². The third-order valence-electron chi connectivity index (χ3n) is 3.97. The van der Waals surface area contributed by atoms with Gasteiger partial charge in [0.2, 0.25) is 0 Å². The lowest BCUT2D eigenvalue weighted by molar-refractivity contribution is -0.132. The van der Waals surface area contributed by atoms with Crippen molar-refractivity contribution in [3.05, 3.63) is 53.5 Å². The van der Waals surface area contributed by atoms with Crippen LogP contribution in [0.2, 0.25) is 0 Å². The predicted molar refractivity (Wildman–Crippen MR) is 83.0 cm³/mol. The van der Waals surface area contributed by atoms with E-state index in [9.17, 15) is 18.4 Å². The van der Waals surface area contributed by atoms with Crippen molar-refractivity contribution in [3.8, 4) is 5.75 Å². The Morgan fingerprint density at radius 3 is 2.68 bits per heavy atom. The van der Waals surface area contributed by atoms with E-state index in [1.807, 2.05) is 0 Å². The summed E-state index contributed by atoms with van der Waals surface area (Å²) in [5.41, 5.74) is -0.816. The maximum absolute atomic E-state index is 12.7. The van der Waals surface area contributed by atoms with Gasteiger partial charge in [-0.05, 0) is 43.7 Å². The fourth-order valence-corrected chi connectivity index (χ4v) is 2.71. The van der Waals surface area contributed by atoms with Gasteiger partial charge in [-0.15, -0.1) is 0 Å². The van der Waals surface area contributed by atoms with E-state index in [0.29, 0.717) is 17.1 Å². The molecule has 1 aliphatic rings. The molecule has 0 radical (unpaired) electrons. The summed E-state index contributed by atoms with van der Waals surface area (Å²) >= 11 is 0. The van der Waals surface area contributed by atoms with E-state index in [4.69, 9.17) is 4.42 Å². The molecule has 132 valence electrons. The van der Waals surface area contributed by atoms with Crippen molar-refractivity contribution in [2.75, 3.05) is 0 Å². The van der Waals surface area contributed by atoms with Crippen LogP contribution < -0.4 is 10.1 Å². The number of carbonyl (C=O) groups is 2. The number of urea groups is 1. The Labute approximate surface area is 142 Å². The minimum Gasteiger partial charge on any atom is -0.463 e. The maximum Gasteiger partial charge on any atom is 0.387 e. The second-order valence-electron chi connectivity index (χ2n) is 5.88. The van der Waals surface area contributed by atoms with E-state index in [1.54, 1.807) is 32.0 Å². The van der Waals surface area contributed by atoms with Gasteiger partial charge in [-0.1, -0.05) is 12.1 Å². The van der Waals surface area contributed by atoms with Gasteiger partial charge in [0.1, 0.15) is 17.3 Å². The van der Waals surface area contributed by atoms with Crippen LogP contribution in [0, 0.1) is 6.92 Å². The lowest BCUT2D eigenvalue weighted by Crippen LogP contribution is -2.40. The van der Waals surface area contributed by atoms with Crippen LogP contribution >= 0.6 is 0 Å². The van der Waals surface area contributed by atoms with Crippen LogP contribution in [0.25, 0.3) is 0 Å². The molecule has 8 heteroatoms. The van der Waals surface area contributed by atoms with Gasteiger partial charge in [-0.3, -0.25) is 9.69 Å². The summed E-state index contributed by atoms with van der Waals surface area (Å²) in [6, 6.07) is 8.62. The molecule has 3 amide bonds. The molecule has 1 aromatic carbocycles. The second kappa shape index (κ2) is 6.19. The van der Waals surface area contributed by atoms with E-state index in [-0.39, 0.29) is 12.3 Å². The molecular weight excluding hydrogens is 334 g/mol. The van der Waals surface area contributed by atoms with Crippen molar-refractivity contribution < 1.29 is 27.5 Å². The van der Waals surface area contributed by atoms with Crippen LogP contribution in [0.15, 0.2) is 40.8 Å². The zero-order valence-electron chi connectivity index (χ0n) is 13.6. The maximum atomic E-state index is 12.7. The Hall–Kier alpha value is -2.90. The van der Waals surface area contributed by atoms with Gasteiger partial charge < -0.3 is 14.5 Å². The molecule has 1 aromatic heterocycles. The number of benzene rings is 1. The first-order valence-corrected chi connectivity index (χ1v) is 7.54. The third kappa shape index (κ3) is 3.19. The molecule has 6 nitrogen and oxygen atoms in total. The Morgan fingerprint density at radius 2 is 2.04 bits per heavy atom. The van der Waals surface area contributed by atoms with Crippen LogP contribution in [-0.2, 0) is 16.9 Å². The first-order chi connectivity index (χ1) is 11.8. The molecule has 3 rings (SSSR count). The van der Waals surface area contributed by atoms with E-state index in [1.165, 1.54) is 18.2 Å². The van der Waals surface area contributed by atoms with Gasteiger partial charge in [0.15, 0.2) is 5.54 Å². The molecule has 1 fully saturated rings. The topological polar surface area (TPSA) is 71.8 Å². The average Bonchev–Trinajstić information content (AvgIpc) is 3.06. The molecule has 0 bridgehead atoms. The fourth-order valence-electron chi connectivity index (χ4n) is 2.71. The molecule has 25 heavy (non-hydrogen) atoms. The van der Waals surface area contributed by atoms with Crippen LogP contribution in [0.5, 0.6) is 5.75 Å². The van der Waals surface area contributed by atoms with E-state index < -0.39 is 24.1 Å². The minimum atomic E-state index is -2.95. The summed E-state index contributed by atoms with van der Waals surface area (Å²) in [5.74, 6) is 0.435. The number of ether oxygens (including phenoxy) is 1. The molecule has 0 spiro atoms. The number of imide groups is 1. The quantitative estimate of drug-likeness (QED) is 0.841. The average molecular weight is 350 g/mol. The molecular formula is C17H16F2N2O4. The van der Waals surface area contributed by atoms with Gasteiger partial charge >= 0.3 is 12.6 Å². The van der Waals surface area contributed by atoms with Crippen molar-refractivity contribution in [2.24, 2.45) is 0 Å². The number of amides is 3. The Kier molecular flexibility index (Phi) is 4.20. The number of alkyl halides is 2. The number of hydrogen-bond donors (Lipinski definition) is 1. The highest BCUT2D eigenvalue weighted by Crippen LogP contribution is 2.31.